The SMILES string of the molecule is COC(=O)N1CCN(S(=O)(=O)c2ccc(N)cc2Cl)CC1. The number of halogens is 1. The number of nitrogens with two attached hydrogens (primary N) is 1. The Kier molecular flexibility index (Phi) is 4.60. The molecule has 21 heavy (non-hydrogen) atoms. The fourth-order valence-corrected chi connectivity index (χ4v) is 4.05. The highest BCUT2D eigenvalue weighted by Gasteiger charge is 2.31. The Balaban J connectivity index is 2.17. The zero-order chi connectivity index (χ0) is 15.6. The van der Waals surface area contributed by atoms with Gasteiger partial charge < -0.3 is 15.4 Å². The average molecular weight is 334 g/mol. The van der Waals surface area contributed by atoms with E-state index < -0.39 is 16.1 Å². The molecule has 1 heterocycles. The van der Waals surface area contributed by atoms with Crippen LogP contribution in [0.25, 0.3) is 0 Å². The number of piperazine rings is 1. The monoisotopic (exact) mass is 333 g/mol. The normalized spacial score (nSPS) is 16.8. The van der Waals surface area contributed by atoms with Gasteiger partial charge >= 0.3 is 6.09 Å². The summed E-state index contributed by atoms with van der Waals surface area (Å²) in [4.78, 5) is 12.9. The minimum atomic E-state index is -3.70. The molecule has 7 nitrogen and oxygen atoms in total. The van der Waals surface area contributed by atoms with Crippen LogP contribution < -0.4 is 5.73 Å². The van der Waals surface area contributed by atoms with Gasteiger partial charge in [0, 0.05) is 31.9 Å². The number of hydrogen-bond acceptors (Lipinski definition) is 5. The Morgan fingerprint density at radius 1 is 1.29 bits per heavy atom. The maximum atomic E-state index is 12.5. The summed E-state index contributed by atoms with van der Waals surface area (Å²) in [6.45, 7) is 0.938. The van der Waals surface area contributed by atoms with Crippen LogP contribution in [0.1, 0.15) is 0 Å². The number of hydrogen-bond donors (Lipinski definition) is 1. The maximum Gasteiger partial charge on any atom is 0.409 e. The van der Waals surface area contributed by atoms with E-state index in [0.717, 1.165) is 0 Å². The molecule has 0 aliphatic carbocycles. The standard InChI is InChI=1S/C12H16ClN3O4S/c1-20-12(17)15-4-6-16(7-5-15)21(18,19)11-3-2-9(14)8-10(11)13/h2-3,8H,4-7,14H2,1H3. The van der Waals surface area contributed by atoms with Crippen LogP contribution in [0.15, 0.2) is 23.1 Å². The molecule has 1 aromatic carbocycles. The third-order valence-corrected chi connectivity index (χ3v) is 5.63. The summed E-state index contributed by atoms with van der Waals surface area (Å²) in [6, 6.07) is 4.28. The van der Waals surface area contributed by atoms with Crippen molar-refractivity contribution in [1.29, 1.82) is 0 Å². The number of anilines is 1. The Hall–Kier alpha value is -1.51. The van der Waals surface area contributed by atoms with Gasteiger partial charge in [-0.15, -0.1) is 0 Å². The number of carbonyl (C=O) groups is 1. The van der Waals surface area contributed by atoms with Gasteiger partial charge in [-0.05, 0) is 18.2 Å². The second-order valence-corrected chi connectivity index (χ2v) is 6.86. The smallest absolute Gasteiger partial charge is 0.409 e. The van der Waals surface area contributed by atoms with E-state index in [2.05, 4.69) is 4.74 Å². The minimum Gasteiger partial charge on any atom is -0.453 e. The molecule has 0 aromatic heterocycles. The van der Waals surface area contributed by atoms with Gasteiger partial charge in [0.25, 0.3) is 0 Å². The highest BCUT2D eigenvalue weighted by molar-refractivity contribution is 7.89. The van der Waals surface area contributed by atoms with Gasteiger partial charge in [-0.25, -0.2) is 13.2 Å². The Morgan fingerprint density at radius 3 is 2.43 bits per heavy atom. The van der Waals surface area contributed by atoms with Crippen LogP contribution >= 0.6 is 11.6 Å². The summed E-state index contributed by atoms with van der Waals surface area (Å²) in [6.07, 6.45) is -0.461. The second kappa shape index (κ2) is 6.08. The van der Waals surface area contributed by atoms with Crippen LogP contribution in [0.3, 0.4) is 0 Å². The molecule has 1 aliphatic heterocycles. The van der Waals surface area contributed by atoms with E-state index in [1.165, 1.54) is 34.5 Å². The van der Waals surface area contributed by atoms with Crippen LogP contribution in [-0.4, -0.2) is 57.0 Å². The van der Waals surface area contributed by atoms with Gasteiger partial charge in [0.1, 0.15) is 4.90 Å². The topological polar surface area (TPSA) is 92.9 Å². The predicted molar refractivity (Wildman–Crippen MR) is 78.6 cm³/mol. The number of amides is 1. The van der Waals surface area contributed by atoms with Crippen LogP contribution in [-0.2, 0) is 14.8 Å². The molecule has 1 saturated heterocycles. The fourth-order valence-electron chi connectivity index (χ4n) is 2.11. The van der Waals surface area contributed by atoms with Gasteiger partial charge in [0.15, 0.2) is 0 Å². The molecular formula is C12H16ClN3O4S. The molecule has 2 rings (SSSR count). The lowest BCUT2D eigenvalue weighted by atomic mass is 10.3. The van der Waals surface area contributed by atoms with Crippen LogP contribution in [0, 0.1) is 0 Å². The molecule has 2 N–H and O–H groups in total. The third kappa shape index (κ3) is 3.22. The van der Waals surface area contributed by atoms with E-state index in [-0.39, 0.29) is 36.1 Å². The van der Waals surface area contributed by atoms with Gasteiger partial charge in [-0.3, -0.25) is 0 Å². The highest BCUT2D eigenvalue weighted by Crippen LogP contribution is 2.27. The largest absolute Gasteiger partial charge is 0.453 e. The van der Waals surface area contributed by atoms with E-state index in [1.807, 2.05) is 0 Å². The molecule has 0 atom stereocenters. The Morgan fingerprint density at radius 2 is 1.90 bits per heavy atom. The summed E-state index contributed by atoms with van der Waals surface area (Å²) >= 11 is 5.96. The van der Waals surface area contributed by atoms with Crippen molar-refractivity contribution in [3.8, 4) is 0 Å². The van der Waals surface area contributed by atoms with E-state index >= 15 is 0 Å². The second-order valence-electron chi connectivity index (χ2n) is 4.55. The van der Waals surface area contributed by atoms with E-state index in [0.29, 0.717) is 5.69 Å². The quantitative estimate of drug-likeness (QED) is 0.815. The molecule has 1 amide bonds. The summed E-state index contributed by atoms with van der Waals surface area (Å²) in [7, 11) is -2.41. The first-order valence-electron chi connectivity index (χ1n) is 6.24. The summed E-state index contributed by atoms with van der Waals surface area (Å²) in [5.74, 6) is 0. The molecule has 0 radical (unpaired) electrons. The van der Waals surface area contributed by atoms with Gasteiger partial charge in [0.2, 0.25) is 10.0 Å². The summed E-state index contributed by atoms with van der Waals surface area (Å²) in [5.41, 5.74) is 5.96. The number of methoxy groups -OCH3 is 1. The zero-order valence-electron chi connectivity index (χ0n) is 11.5. The predicted octanol–water partition coefficient (Wildman–Crippen LogP) is 0.995. The highest BCUT2D eigenvalue weighted by atomic mass is 35.5. The average Bonchev–Trinajstić information content (AvgIpc) is 2.46. The molecule has 9 heteroatoms. The van der Waals surface area contributed by atoms with Crippen molar-refractivity contribution in [1.82, 2.24) is 9.21 Å². The fraction of sp³-hybridized carbons (Fsp3) is 0.417. The van der Waals surface area contributed by atoms with Crippen LogP contribution in [0.5, 0.6) is 0 Å². The molecule has 1 fully saturated rings. The number of nitrogens with zero attached hydrogens (tertiary/aromatic N) is 2. The molecule has 116 valence electrons. The number of rotatable bonds is 2. The van der Waals surface area contributed by atoms with Crippen molar-refractivity contribution in [3.63, 3.8) is 0 Å². The van der Waals surface area contributed by atoms with E-state index in [4.69, 9.17) is 17.3 Å². The Bertz CT molecular complexity index is 642. The molecule has 1 aromatic rings. The summed E-state index contributed by atoms with van der Waals surface area (Å²) in [5, 5.41) is 0.0883. The minimum absolute atomic E-state index is 0.0184. The van der Waals surface area contributed by atoms with Gasteiger partial charge in [0.05, 0.1) is 12.1 Å². The lowest BCUT2D eigenvalue weighted by Crippen LogP contribution is -2.50. The molecule has 0 unspecified atom stereocenters. The molecule has 0 saturated carbocycles. The first kappa shape index (κ1) is 15.9. The first-order chi connectivity index (χ1) is 9.86. The third-order valence-electron chi connectivity index (χ3n) is 3.25. The van der Waals surface area contributed by atoms with Crippen molar-refractivity contribution in [2.45, 2.75) is 4.90 Å². The van der Waals surface area contributed by atoms with Gasteiger partial charge in [-0.1, -0.05) is 11.6 Å². The maximum absolute atomic E-state index is 12.5. The van der Waals surface area contributed by atoms with E-state index in [1.54, 1.807) is 0 Å². The van der Waals surface area contributed by atoms with E-state index in [9.17, 15) is 13.2 Å². The van der Waals surface area contributed by atoms with Crippen molar-refractivity contribution < 1.29 is 17.9 Å². The lowest BCUT2D eigenvalue weighted by molar-refractivity contribution is 0.108. The first-order valence-corrected chi connectivity index (χ1v) is 8.06. The lowest BCUT2D eigenvalue weighted by Gasteiger charge is -2.33. The number of sulfonamides is 1. The summed E-state index contributed by atoms with van der Waals surface area (Å²) < 4.78 is 31.0. The molecule has 1 aliphatic rings. The number of carbonyl (C=O) groups excluding carboxylic acids is 1. The Labute approximate surface area is 128 Å². The molecular weight excluding hydrogens is 318 g/mol. The van der Waals surface area contributed by atoms with Gasteiger partial charge in [-0.2, -0.15) is 4.31 Å². The molecule has 0 bridgehead atoms. The molecule has 0 spiro atoms. The zero-order valence-corrected chi connectivity index (χ0v) is 13.0. The number of nitrogen functional groups attached to an aromatic ring is 1. The van der Waals surface area contributed by atoms with Crippen LogP contribution in [0.2, 0.25) is 5.02 Å². The van der Waals surface area contributed by atoms with Crippen molar-refractivity contribution in [2.75, 3.05) is 39.0 Å². The van der Waals surface area contributed by atoms with Crippen LogP contribution in [0.4, 0.5) is 10.5 Å². The van der Waals surface area contributed by atoms with Crippen molar-refractivity contribution >= 4 is 33.4 Å². The van der Waals surface area contributed by atoms with Crippen molar-refractivity contribution in [2.24, 2.45) is 0 Å². The van der Waals surface area contributed by atoms with Crippen molar-refractivity contribution in [3.05, 3.63) is 23.2 Å². The number of ether oxygens (including phenoxy) is 1. The number of benzene rings is 1.